The molecular weight excluding hydrogens is 192 g/mol. The fourth-order valence-electron chi connectivity index (χ4n) is 2.36. The quantitative estimate of drug-likeness (QED) is 0.738. The van der Waals surface area contributed by atoms with Crippen molar-refractivity contribution in [1.29, 1.82) is 0 Å². The second-order valence-electron chi connectivity index (χ2n) is 4.53. The van der Waals surface area contributed by atoms with Gasteiger partial charge < -0.3 is 5.32 Å². The number of rotatable bonds is 2. The lowest BCUT2D eigenvalue weighted by molar-refractivity contribution is 0.431. The lowest BCUT2D eigenvalue weighted by Crippen LogP contribution is -2.31. The Bertz CT molecular complexity index is 398. The number of aromatic amines is 1. The van der Waals surface area contributed by atoms with Crippen molar-refractivity contribution in [3.05, 3.63) is 16.3 Å². The third kappa shape index (κ3) is 1.61. The molecule has 1 unspecified atom stereocenters. The van der Waals surface area contributed by atoms with Gasteiger partial charge in [0.2, 0.25) is 0 Å². The average molecular weight is 208 g/mol. The molecule has 1 saturated heterocycles. The van der Waals surface area contributed by atoms with Crippen LogP contribution in [0.25, 0.3) is 0 Å². The third-order valence-corrected chi connectivity index (χ3v) is 3.31. The maximum atomic E-state index is 11.6. The molecule has 1 aliphatic heterocycles. The summed E-state index contributed by atoms with van der Waals surface area (Å²) >= 11 is 0. The SMILES string of the molecule is O=c1[nH]nc(C2CCCNC2)n1C1CC1. The smallest absolute Gasteiger partial charge is 0.316 e. The molecule has 0 amide bonds. The number of hydrogen-bond acceptors (Lipinski definition) is 3. The van der Waals surface area contributed by atoms with Crippen LogP contribution in [0, 0.1) is 0 Å². The highest BCUT2D eigenvalue weighted by Crippen LogP contribution is 2.36. The first-order valence-corrected chi connectivity index (χ1v) is 5.74. The topological polar surface area (TPSA) is 62.7 Å². The minimum absolute atomic E-state index is 0.0296. The van der Waals surface area contributed by atoms with Crippen LogP contribution in [0.3, 0.4) is 0 Å². The Hall–Kier alpha value is -1.10. The molecule has 1 saturated carbocycles. The van der Waals surface area contributed by atoms with Crippen molar-refractivity contribution in [3.8, 4) is 0 Å². The van der Waals surface area contributed by atoms with E-state index in [0.29, 0.717) is 12.0 Å². The fourth-order valence-corrected chi connectivity index (χ4v) is 2.36. The summed E-state index contributed by atoms with van der Waals surface area (Å²) in [5.41, 5.74) is -0.0296. The first-order chi connectivity index (χ1) is 7.36. The Kier molecular flexibility index (Phi) is 2.12. The van der Waals surface area contributed by atoms with Crippen LogP contribution in [0.4, 0.5) is 0 Å². The van der Waals surface area contributed by atoms with Crippen LogP contribution in [-0.2, 0) is 0 Å². The van der Waals surface area contributed by atoms with E-state index in [1.165, 1.54) is 6.42 Å². The summed E-state index contributed by atoms with van der Waals surface area (Å²) in [5, 5.41) is 10.1. The zero-order valence-electron chi connectivity index (χ0n) is 8.70. The van der Waals surface area contributed by atoms with Crippen molar-refractivity contribution >= 4 is 0 Å². The molecule has 5 nitrogen and oxygen atoms in total. The maximum Gasteiger partial charge on any atom is 0.343 e. The zero-order valence-corrected chi connectivity index (χ0v) is 8.70. The lowest BCUT2D eigenvalue weighted by atomic mass is 9.99. The van der Waals surface area contributed by atoms with Gasteiger partial charge in [-0.15, -0.1) is 0 Å². The van der Waals surface area contributed by atoms with Gasteiger partial charge in [-0.1, -0.05) is 0 Å². The van der Waals surface area contributed by atoms with E-state index in [1.54, 1.807) is 0 Å². The normalized spacial score (nSPS) is 26.8. The van der Waals surface area contributed by atoms with Gasteiger partial charge in [0.15, 0.2) is 0 Å². The van der Waals surface area contributed by atoms with Crippen molar-refractivity contribution in [1.82, 2.24) is 20.1 Å². The average Bonchev–Trinajstić information content (AvgIpc) is 3.03. The van der Waals surface area contributed by atoms with Crippen molar-refractivity contribution in [2.45, 2.75) is 37.6 Å². The second-order valence-corrected chi connectivity index (χ2v) is 4.53. The molecule has 2 N–H and O–H groups in total. The number of nitrogens with zero attached hydrogens (tertiary/aromatic N) is 2. The van der Waals surface area contributed by atoms with Crippen LogP contribution < -0.4 is 11.0 Å². The number of hydrogen-bond donors (Lipinski definition) is 2. The molecular formula is C10H16N4O. The first-order valence-electron chi connectivity index (χ1n) is 5.74. The van der Waals surface area contributed by atoms with Gasteiger partial charge >= 0.3 is 5.69 Å². The van der Waals surface area contributed by atoms with Gasteiger partial charge in [0.05, 0.1) is 0 Å². The van der Waals surface area contributed by atoms with Gasteiger partial charge in [-0.25, -0.2) is 9.89 Å². The molecule has 0 bridgehead atoms. The van der Waals surface area contributed by atoms with Gasteiger partial charge in [-0.05, 0) is 32.2 Å². The molecule has 0 radical (unpaired) electrons. The van der Waals surface area contributed by atoms with Crippen molar-refractivity contribution in [2.75, 3.05) is 13.1 Å². The Labute approximate surface area is 87.9 Å². The number of nitrogens with one attached hydrogen (secondary N) is 2. The van der Waals surface area contributed by atoms with Crippen molar-refractivity contribution in [2.24, 2.45) is 0 Å². The molecule has 0 spiro atoms. The zero-order chi connectivity index (χ0) is 10.3. The lowest BCUT2D eigenvalue weighted by Gasteiger charge is -2.22. The highest BCUT2D eigenvalue weighted by Gasteiger charge is 2.31. The van der Waals surface area contributed by atoms with Crippen LogP contribution >= 0.6 is 0 Å². The van der Waals surface area contributed by atoms with E-state index in [9.17, 15) is 4.79 Å². The van der Waals surface area contributed by atoms with Crippen LogP contribution in [0.1, 0.15) is 43.5 Å². The summed E-state index contributed by atoms with van der Waals surface area (Å²) in [6, 6.07) is 0.424. The molecule has 15 heavy (non-hydrogen) atoms. The van der Waals surface area contributed by atoms with Crippen LogP contribution in [0.5, 0.6) is 0 Å². The van der Waals surface area contributed by atoms with E-state index < -0.39 is 0 Å². The van der Waals surface area contributed by atoms with E-state index in [-0.39, 0.29) is 5.69 Å². The predicted molar refractivity (Wildman–Crippen MR) is 56.0 cm³/mol. The Morgan fingerprint density at radius 3 is 2.87 bits per heavy atom. The maximum absolute atomic E-state index is 11.6. The van der Waals surface area contributed by atoms with Crippen LogP contribution in [0.15, 0.2) is 4.79 Å². The first kappa shape index (κ1) is 9.15. The molecule has 1 aliphatic carbocycles. The number of aromatic nitrogens is 3. The summed E-state index contributed by atoms with van der Waals surface area (Å²) in [5.74, 6) is 1.38. The van der Waals surface area contributed by atoms with Gasteiger partial charge in [-0.2, -0.15) is 5.10 Å². The summed E-state index contributed by atoms with van der Waals surface area (Å²) < 4.78 is 1.87. The second kappa shape index (κ2) is 3.48. The van der Waals surface area contributed by atoms with E-state index in [1.807, 2.05) is 4.57 Å². The molecule has 2 fully saturated rings. The molecule has 0 aromatic carbocycles. The van der Waals surface area contributed by atoms with E-state index >= 15 is 0 Å². The predicted octanol–water partition coefficient (Wildman–Crippen LogP) is 0.373. The molecule has 2 heterocycles. The summed E-state index contributed by atoms with van der Waals surface area (Å²) in [6.07, 6.45) is 4.58. The fraction of sp³-hybridized carbons (Fsp3) is 0.800. The Morgan fingerprint density at radius 2 is 2.20 bits per heavy atom. The third-order valence-electron chi connectivity index (χ3n) is 3.31. The number of piperidine rings is 1. The largest absolute Gasteiger partial charge is 0.343 e. The van der Waals surface area contributed by atoms with Crippen LogP contribution in [-0.4, -0.2) is 27.9 Å². The minimum atomic E-state index is -0.0296. The molecule has 5 heteroatoms. The van der Waals surface area contributed by atoms with Gasteiger partial charge in [-0.3, -0.25) is 4.57 Å². The van der Waals surface area contributed by atoms with E-state index in [0.717, 1.165) is 38.2 Å². The van der Waals surface area contributed by atoms with Crippen LogP contribution in [0.2, 0.25) is 0 Å². The molecule has 82 valence electrons. The molecule has 2 aliphatic rings. The minimum Gasteiger partial charge on any atom is -0.316 e. The van der Waals surface area contributed by atoms with Gasteiger partial charge in [0.25, 0.3) is 0 Å². The number of H-pyrrole nitrogens is 1. The summed E-state index contributed by atoms with van der Waals surface area (Å²) in [7, 11) is 0. The van der Waals surface area contributed by atoms with Crippen molar-refractivity contribution in [3.63, 3.8) is 0 Å². The highest BCUT2D eigenvalue weighted by atomic mass is 16.1. The molecule has 1 aromatic rings. The molecule has 1 atom stereocenters. The van der Waals surface area contributed by atoms with Gasteiger partial charge in [0, 0.05) is 18.5 Å². The summed E-state index contributed by atoms with van der Waals surface area (Å²) in [6.45, 7) is 2.05. The monoisotopic (exact) mass is 208 g/mol. The van der Waals surface area contributed by atoms with E-state index in [2.05, 4.69) is 15.5 Å². The molecule has 3 rings (SSSR count). The Morgan fingerprint density at radius 1 is 1.33 bits per heavy atom. The summed E-state index contributed by atoms with van der Waals surface area (Å²) in [4.78, 5) is 11.6. The van der Waals surface area contributed by atoms with Gasteiger partial charge in [0.1, 0.15) is 5.82 Å². The van der Waals surface area contributed by atoms with E-state index in [4.69, 9.17) is 0 Å². The standard InChI is InChI=1S/C10H16N4O/c15-10-13-12-9(14(10)8-3-4-8)7-2-1-5-11-6-7/h7-8,11H,1-6H2,(H,13,15). The highest BCUT2D eigenvalue weighted by molar-refractivity contribution is 5.03. The Balaban J connectivity index is 1.92. The molecule has 1 aromatic heterocycles. The van der Waals surface area contributed by atoms with Crippen molar-refractivity contribution < 1.29 is 0 Å².